The largest absolute Gasteiger partial charge is 0.493 e. The van der Waals surface area contributed by atoms with Crippen molar-refractivity contribution in [3.63, 3.8) is 0 Å². The zero-order valence-corrected chi connectivity index (χ0v) is 22.4. The predicted octanol–water partition coefficient (Wildman–Crippen LogP) is 5.10. The molecule has 3 aliphatic rings. The Hall–Kier alpha value is -3.56. The van der Waals surface area contributed by atoms with Crippen LogP contribution in [0.3, 0.4) is 0 Å². The fourth-order valence-electron chi connectivity index (χ4n) is 6.14. The summed E-state index contributed by atoms with van der Waals surface area (Å²) in [5.74, 6) is -1.21. The minimum Gasteiger partial charge on any atom is -0.493 e. The van der Waals surface area contributed by atoms with E-state index >= 15 is 4.39 Å². The fourth-order valence-corrected chi connectivity index (χ4v) is 6.14. The Balaban J connectivity index is 1.32. The van der Waals surface area contributed by atoms with E-state index in [-0.39, 0.29) is 61.0 Å². The molecule has 5 rings (SSSR count). The number of fused-ring (bicyclic) bond motifs is 4. The normalized spacial score (nSPS) is 27.1. The first-order valence-electron chi connectivity index (χ1n) is 13.5. The molecule has 9 heteroatoms. The summed E-state index contributed by atoms with van der Waals surface area (Å²) in [6.45, 7) is 3.34. The van der Waals surface area contributed by atoms with Gasteiger partial charge < -0.3 is 24.8 Å². The quantitative estimate of drug-likeness (QED) is 0.399. The molecule has 0 spiro atoms. The number of carbonyl (C=O) groups is 1. The molecule has 2 bridgehead atoms. The third-order valence-corrected chi connectivity index (χ3v) is 8.09. The van der Waals surface area contributed by atoms with Crippen LogP contribution in [0, 0.1) is 49.2 Å². The van der Waals surface area contributed by atoms with Gasteiger partial charge >= 0.3 is 5.97 Å². The highest BCUT2D eigenvalue weighted by molar-refractivity contribution is 5.89. The number of aliphatic hydroxyl groups excluding tert-OH is 2. The summed E-state index contributed by atoms with van der Waals surface area (Å²) in [5.41, 5.74) is 3.58. The Morgan fingerprint density at radius 1 is 1.10 bits per heavy atom. The van der Waals surface area contributed by atoms with Gasteiger partial charge in [-0.3, -0.25) is 4.79 Å². The number of nitrogens with zero attached hydrogens (tertiary/aromatic N) is 1. The highest BCUT2D eigenvalue weighted by Gasteiger charge is 2.59. The van der Waals surface area contributed by atoms with Crippen molar-refractivity contribution in [2.75, 3.05) is 13.2 Å². The topological polar surface area (TPSA) is 109 Å². The van der Waals surface area contributed by atoms with E-state index in [1.54, 1.807) is 18.3 Å². The van der Waals surface area contributed by atoms with Crippen LogP contribution in [-0.2, 0) is 16.1 Å². The highest BCUT2D eigenvalue weighted by Crippen LogP contribution is 2.60. The lowest BCUT2D eigenvalue weighted by atomic mass is 9.85. The van der Waals surface area contributed by atoms with E-state index in [1.807, 2.05) is 26.0 Å². The number of aliphatic carboxylic acids is 1. The molecule has 0 amide bonds. The third-order valence-electron chi connectivity index (χ3n) is 8.09. The van der Waals surface area contributed by atoms with Gasteiger partial charge in [0.2, 0.25) is 5.90 Å². The molecule has 2 fully saturated rings. The van der Waals surface area contributed by atoms with E-state index in [4.69, 9.17) is 14.6 Å². The maximum absolute atomic E-state index is 15.0. The Morgan fingerprint density at radius 3 is 2.55 bits per heavy atom. The minimum absolute atomic E-state index is 0.124. The lowest BCUT2D eigenvalue weighted by molar-refractivity contribution is -0.139. The molecule has 3 N–H and O–H groups in total. The van der Waals surface area contributed by atoms with E-state index in [0.717, 1.165) is 29.2 Å². The van der Waals surface area contributed by atoms with Gasteiger partial charge in [0, 0.05) is 29.8 Å². The van der Waals surface area contributed by atoms with Gasteiger partial charge in [-0.25, -0.2) is 13.8 Å². The second-order valence-corrected chi connectivity index (χ2v) is 10.9. The molecule has 0 aromatic heterocycles. The molecule has 2 aliphatic carbocycles. The van der Waals surface area contributed by atoms with Crippen LogP contribution >= 0.6 is 0 Å². The summed E-state index contributed by atoms with van der Waals surface area (Å²) in [7, 11) is 0. The number of ether oxygens (including phenoxy) is 2. The first-order valence-corrected chi connectivity index (χ1v) is 13.5. The molecule has 212 valence electrons. The number of rotatable bonds is 9. The molecule has 2 aromatic rings. The second-order valence-electron chi connectivity index (χ2n) is 10.9. The monoisotopic (exact) mass is 553 g/mol. The average Bonchev–Trinajstić information content (AvgIpc) is 3.62. The highest BCUT2D eigenvalue weighted by atomic mass is 19.1. The van der Waals surface area contributed by atoms with Gasteiger partial charge in [-0.1, -0.05) is 11.6 Å². The van der Waals surface area contributed by atoms with Gasteiger partial charge in [-0.2, -0.15) is 0 Å². The first-order chi connectivity index (χ1) is 19.2. The lowest BCUT2D eigenvalue weighted by Crippen LogP contribution is -2.15. The number of allylic oxidation sites excluding steroid dienone is 2. The molecule has 2 saturated carbocycles. The first kappa shape index (κ1) is 28.0. The van der Waals surface area contributed by atoms with Crippen molar-refractivity contribution in [3.05, 3.63) is 76.5 Å². The van der Waals surface area contributed by atoms with Crippen LogP contribution in [0.15, 0.2) is 53.2 Å². The molecular formula is C31H33F2NO6. The number of benzene rings is 2. The van der Waals surface area contributed by atoms with E-state index in [0.29, 0.717) is 23.6 Å². The van der Waals surface area contributed by atoms with Gasteiger partial charge in [-0.05, 0) is 85.4 Å². The molecule has 2 aromatic carbocycles. The minimum atomic E-state index is -0.856. The van der Waals surface area contributed by atoms with E-state index in [9.17, 15) is 19.4 Å². The number of carboxylic acids is 1. The van der Waals surface area contributed by atoms with Crippen molar-refractivity contribution in [1.82, 2.24) is 0 Å². The summed E-state index contributed by atoms with van der Waals surface area (Å²) in [6, 6.07) is 5.82. The standard InChI is InChI=1S/C31H33F2NO6/c1-16-7-22(39-6-4-21(36)14-35)8-17(2)28(16)23-12-20(25(32)13-26(23)33)15-40-27-11-18-9-19(3-5-34-27)29-24(10-18)30(29)31(37)38/h3,5,7-8,11-13,19,21,24,29-30,35-36H,4,6,9-10,14-15H2,1-2H3,(H,37,38)/b5-3+,18-11+,34-27-/t19?,21-,24-,29+,30+/m1/s1. The van der Waals surface area contributed by atoms with Gasteiger partial charge in [-0.15, -0.1) is 0 Å². The van der Waals surface area contributed by atoms with Crippen LogP contribution in [0.25, 0.3) is 11.1 Å². The number of carboxylic acid groups (broad SMARTS) is 1. The maximum atomic E-state index is 15.0. The Bertz CT molecular complexity index is 1380. The molecular weight excluding hydrogens is 520 g/mol. The fraction of sp³-hybridized carbons (Fsp3) is 0.419. The van der Waals surface area contributed by atoms with Gasteiger partial charge in [0.15, 0.2) is 0 Å². The van der Waals surface area contributed by atoms with E-state index in [1.165, 1.54) is 6.07 Å². The number of hydrogen-bond donors (Lipinski definition) is 3. The number of aliphatic hydroxyl groups is 2. The van der Waals surface area contributed by atoms with Crippen LogP contribution in [0.2, 0.25) is 0 Å². The van der Waals surface area contributed by atoms with Crippen molar-refractivity contribution < 1.29 is 38.4 Å². The van der Waals surface area contributed by atoms with E-state index in [2.05, 4.69) is 4.99 Å². The summed E-state index contributed by atoms with van der Waals surface area (Å²) in [5, 5.41) is 27.9. The molecule has 0 radical (unpaired) electrons. The van der Waals surface area contributed by atoms with Gasteiger partial charge in [0.25, 0.3) is 0 Å². The van der Waals surface area contributed by atoms with Crippen LogP contribution in [0.5, 0.6) is 5.75 Å². The number of aliphatic imine (C=N–C) groups is 1. The average molecular weight is 554 g/mol. The number of aryl methyl sites for hydroxylation is 2. The predicted molar refractivity (Wildman–Crippen MR) is 145 cm³/mol. The summed E-state index contributed by atoms with van der Waals surface area (Å²) in [4.78, 5) is 15.9. The van der Waals surface area contributed by atoms with Crippen molar-refractivity contribution in [2.24, 2.45) is 28.7 Å². The zero-order chi connectivity index (χ0) is 28.6. The summed E-state index contributed by atoms with van der Waals surface area (Å²) < 4.78 is 41.4. The van der Waals surface area contributed by atoms with Gasteiger partial charge in [0.05, 0.1) is 25.2 Å². The second kappa shape index (κ2) is 11.5. The molecule has 5 atom stereocenters. The van der Waals surface area contributed by atoms with Crippen LogP contribution in [0.1, 0.15) is 36.0 Å². The van der Waals surface area contributed by atoms with Crippen LogP contribution in [-0.4, -0.2) is 46.5 Å². The van der Waals surface area contributed by atoms with Gasteiger partial charge in [0.1, 0.15) is 24.0 Å². The lowest BCUT2D eigenvalue weighted by Gasteiger charge is -2.22. The van der Waals surface area contributed by atoms with Crippen LogP contribution < -0.4 is 4.74 Å². The number of halogens is 2. The van der Waals surface area contributed by atoms with Crippen LogP contribution in [0.4, 0.5) is 8.78 Å². The summed E-state index contributed by atoms with van der Waals surface area (Å²) >= 11 is 0. The zero-order valence-electron chi connectivity index (χ0n) is 22.4. The van der Waals surface area contributed by atoms with Crippen molar-refractivity contribution >= 4 is 11.9 Å². The van der Waals surface area contributed by atoms with Crippen molar-refractivity contribution in [1.29, 1.82) is 0 Å². The maximum Gasteiger partial charge on any atom is 0.307 e. The SMILES string of the molecule is Cc1cc(OCC[C@@H](O)CO)cc(C)c1-c1cc(COC2=N\C=C\C3C/C(=C\2)C[C@H]2[C@H](C(=O)O)[C@@H]32)c(F)cc1F. The molecule has 1 aliphatic heterocycles. The number of hydrogen-bond acceptors (Lipinski definition) is 6. The third kappa shape index (κ3) is 5.81. The molecule has 7 nitrogen and oxygen atoms in total. The Labute approximate surface area is 231 Å². The molecule has 40 heavy (non-hydrogen) atoms. The van der Waals surface area contributed by atoms with E-state index < -0.39 is 23.7 Å². The molecule has 1 unspecified atom stereocenters. The van der Waals surface area contributed by atoms with Crippen molar-refractivity contribution in [3.8, 4) is 16.9 Å². The Morgan fingerprint density at radius 2 is 1.85 bits per heavy atom. The summed E-state index contributed by atoms with van der Waals surface area (Å²) in [6.07, 6.45) is 6.22. The Kier molecular flexibility index (Phi) is 8.05. The molecule has 0 saturated heterocycles. The van der Waals surface area contributed by atoms with Crippen molar-refractivity contribution in [2.45, 2.75) is 45.8 Å². The molecule has 1 heterocycles. The smallest absolute Gasteiger partial charge is 0.307 e.